The molecular formula is C11H18ClN3O4. The lowest BCUT2D eigenvalue weighted by atomic mass is 10.0. The van der Waals surface area contributed by atoms with Gasteiger partial charge < -0.3 is 15.5 Å². The molecule has 1 unspecified atom stereocenters. The van der Waals surface area contributed by atoms with Crippen molar-refractivity contribution in [2.24, 2.45) is 11.7 Å². The molecule has 3 N–H and O–H groups in total. The van der Waals surface area contributed by atoms with E-state index in [9.17, 15) is 14.9 Å². The van der Waals surface area contributed by atoms with Crippen molar-refractivity contribution >= 4 is 24.2 Å². The number of nitro groups is 1. The number of hydrogen-bond donors (Lipinski definition) is 2. The van der Waals surface area contributed by atoms with Crippen molar-refractivity contribution in [1.82, 2.24) is 5.32 Å². The number of hydrogen-bond acceptors (Lipinski definition) is 5. The van der Waals surface area contributed by atoms with Crippen LogP contribution >= 0.6 is 12.4 Å². The molecule has 0 saturated carbocycles. The molecule has 108 valence electrons. The van der Waals surface area contributed by atoms with Gasteiger partial charge in [-0.3, -0.25) is 14.9 Å². The Hall–Kier alpha value is -1.60. The van der Waals surface area contributed by atoms with Gasteiger partial charge in [-0.15, -0.1) is 12.4 Å². The van der Waals surface area contributed by atoms with Crippen LogP contribution in [0.4, 0.5) is 5.88 Å². The average Bonchev–Trinajstić information content (AvgIpc) is 2.76. The SMILES string of the molecule is CC(C)CC(CN)NC(=O)c1ccc([N+](=O)[O-])o1.Cl. The molecule has 0 spiro atoms. The lowest BCUT2D eigenvalue weighted by molar-refractivity contribution is -0.402. The third-order valence-corrected chi connectivity index (χ3v) is 2.37. The number of halogens is 1. The molecule has 0 aromatic carbocycles. The van der Waals surface area contributed by atoms with Gasteiger partial charge in [-0.2, -0.15) is 0 Å². The predicted octanol–water partition coefficient (Wildman–Crippen LogP) is 1.71. The van der Waals surface area contributed by atoms with Crippen LogP contribution in [0.3, 0.4) is 0 Å². The molecule has 0 aliphatic heterocycles. The molecule has 8 heteroatoms. The molecule has 7 nitrogen and oxygen atoms in total. The zero-order valence-corrected chi connectivity index (χ0v) is 11.6. The van der Waals surface area contributed by atoms with Gasteiger partial charge in [-0.05, 0) is 18.4 Å². The Morgan fingerprint density at radius 1 is 1.53 bits per heavy atom. The molecule has 0 bridgehead atoms. The highest BCUT2D eigenvalue weighted by atomic mass is 35.5. The Labute approximate surface area is 117 Å². The summed E-state index contributed by atoms with van der Waals surface area (Å²) in [6.45, 7) is 4.35. The van der Waals surface area contributed by atoms with Gasteiger partial charge in [0.15, 0.2) is 5.76 Å². The maximum Gasteiger partial charge on any atom is 0.433 e. The number of carbonyl (C=O) groups is 1. The van der Waals surface area contributed by atoms with Gasteiger partial charge in [-0.25, -0.2) is 0 Å². The van der Waals surface area contributed by atoms with Crippen LogP contribution < -0.4 is 11.1 Å². The summed E-state index contributed by atoms with van der Waals surface area (Å²) in [6, 6.07) is 2.26. The fraction of sp³-hybridized carbons (Fsp3) is 0.545. The Morgan fingerprint density at radius 3 is 2.58 bits per heavy atom. The summed E-state index contributed by atoms with van der Waals surface area (Å²) in [4.78, 5) is 21.5. The summed E-state index contributed by atoms with van der Waals surface area (Å²) in [5.41, 5.74) is 5.55. The topological polar surface area (TPSA) is 111 Å². The second kappa shape index (κ2) is 7.75. The summed E-state index contributed by atoms with van der Waals surface area (Å²) in [7, 11) is 0. The second-order valence-electron chi connectivity index (χ2n) is 4.43. The smallest absolute Gasteiger partial charge is 0.395 e. The van der Waals surface area contributed by atoms with E-state index in [1.165, 1.54) is 6.07 Å². The number of carbonyl (C=O) groups excluding carboxylic acids is 1. The minimum absolute atomic E-state index is 0. The molecule has 0 aliphatic rings. The third kappa shape index (κ3) is 5.27. The highest BCUT2D eigenvalue weighted by Gasteiger charge is 2.19. The van der Waals surface area contributed by atoms with Crippen LogP contribution in [0, 0.1) is 16.0 Å². The summed E-state index contributed by atoms with van der Waals surface area (Å²) in [5.74, 6) is -0.624. The number of nitrogens with two attached hydrogens (primary N) is 1. The lowest BCUT2D eigenvalue weighted by Crippen LogP contribution is -2.40. The fourth-order valence-corrected chi connectivity index (χ4v) is 1.59. The standard InChI is InChI=1S/C11H17N3O4.ClH/c1-7(2)5-8(6-12)13-11(15)9-3-4-10(18-9)14(16)17;/h3-4,7-8H,5-6,12H2,1-2H3,(H,13,15);1H. The van der Waals surface area contributed by atoms with Gasteiger partial charge in [0.25, 0.3) is 5.91 Å². The van der Waals surface area contributed by atoms with Crippen molar-refractivity contribution in [2.45, 2.75) is 26.3 Å². The minimum atomic E-state index is -0.689. The second-order valence-corrected chi connectivity index (χ2v) is 4.43. The van der Waals surface area contributed by atoms with Gasteiger partial charge in [0, 0.05) is 12.6 Å². The molecule has 1 rings (SSSR count). The van der Waals surface area contributed by atoms with Crippen molar-refractivity contribution in [3.63, 3.8) is 0 Å². The van der Waals surface area contributed by atoms with E-state index in [1.54, 1.807) is 0 Å². The van der Waals surface area contributed by atoms with Crippen LogP contribution in [-0.4, -0.2) is 23.4 Å². The van der Waals surface area contributed by atoms with Crippen molar-refractivity contribution < 1.29 is 14.1 Å². The van der Waals surface area contributed by atoms with Crippen LogP contribution in [0.2, 0.25) is 0 Å². The van der Waals surface area contributed by atoms with Crippen molar-refractivity contribution in [3.8, 4) is 0 Å². The zero-order valence-electron chi connectivity index (χ0n) is 10.8. The van der Waals surface area contributed by atoms with Crippen LogP contribution in [0.1, 0.15) is 30.8 Å². The summed E-state index contributed by atoms with van der Waals surface area (Å²) >= 11 is 0. The van der Waals surface area contributed by atoms with Gasteiger partial charge in [-0.1, -0.05) is 13.8 Å². The molecule has 1 aromatic rings. The van der Waals surface area contributed by atoms with Crippen LogP contribution in [0.5, 0.6) is 0 Å². The van der Waals surface area contributed by atoms with E-state index < -0.39 is 16.7 Å². The van der Waals surface area contributed by atoms with E-state index in [2.05, 4.69) is 5.32 Å². The number of nitrogens with one attached hydrogen (secondary N) is 1. The van der Waals surface area contributed by atoms with Crippen LogP contribution in [0.25, 0.3) is 0 Å². The highest BCUT2D eigenvalue weighted by molar-refractivity contribution is 5.91. The van der Waals surface area contributed by atoms with E-state index in [0.29, 0.717) is 12.5 Å². The summed E-state index contributed by atoms with van der Waals surface area (Å²) < 4.78 is 4.81. The first kappa shape index (κ1) is 17.4. The summed E-state index contributed by atoms with van der Waals surface area (Å²) in [5, 5.41) is 13.1. The van der Waals surface area contributed by atoms with Gasteiger partial charge in [0.05, 0.1) is 6.07 Å². The Kier molecular flexibility index (Phi) is 7.10. The average molecular weight is 292 g/mol. The van der Waals surface area contributed by atoms with Gasteiger partial charge >= 0.3 is 5.88 Å². The van der Waals surface area contributed by atoms with Crippen LogP contribution in [-0.2, 0) is 0 Å². The molecule has 0 aliphatic carbocycles. The monoisotopic (exact) mass is 291 g/mol. The molecule has 1 amide bonds. The first-order valence-electron chi connectivity index (χ1n) is 5.69. The minimum Gasteiger partial charge on any atom is -0.395 e. The van der Waals surface area contributed by atoms with E-state index in [0.717, 1.165) is 12.5 Å². The summed E-state index contributed by atoms with van der Waals surface area (Å²) in [6.07, 6.45) is 0.741. The first-order valence-corrected chi connectivity index (χ1v) is 5.69. The van der Waals surface area contributed by atoms with E-state index >= 15 is 0 Å². The zero-order chi connectivity index (χ0) is 13.7. The van der Waals surface area contributed by atoms with Crippen molar-refractivity contribution in [1.29, 1.82) is 0 Å². The molecule has 1 atom stereocenters. The van der Waals surface area contributed by atoms with E-state index in [-0.39, 0.29) is 24.2 Å². The quantitative estimate of drug-likeness (QED) is 0.612. The normalized spacial score (nSPS) is 11.8. The Balaban J connectivity index is 0.00000324. The third-order valence-electron chi connectivity index (χ3n) is 2.37. The first-order chi connectivity index (χ1) is 8.43. The largest absolute Gasteiger partial charge is 0.433 e. The molecular weight excluding hydrogens is 274 g/mol. The maximum absolute atomic E-state index is 11.7. The highest BCUT2D eigenvalue weighted by Crippen LogP contribution is 2.15. The van der Waals surface area contributed by atoms with Crippen molar-refractivity contribution in [2.75, 3.05) is 6.54 Å². The fourth-order valence-electron chi connectivity index (χ4n) is 1.59. The van der Waals surface area contributed by atoms with E-state index in [1.807, 2.05) is 13.8 Å². The number of furan rings is 1. The number of rotatable bonds is 6. The molecule has 0 saturated heterocycles. The number of nitrogens with zero attached hydrogens (tertiary/aromatic N) is 1. The Morgan fingerprint density at radius 2 is 2.16 bits per heavy atom. The number of amides is 1. The lowest BCUT2D eigenvalue weighted by Gasteiger charge is -2.17. The molecule has 0 fully saturated rings. The van der Waals surface area contributed by atoms with Gasteiger partial charge in [0.2, 0.25) is 0 Å². The maximum atomic E-state index is 11.7. The molecule has 19 heavy (non-hydrogen) atoms. The molecule has 1 heterocycles. The van der Waals surface area contributed by atoms with E-state index in [4.69, 9.17) is 10.2 Å². The predicted molar refractivity (Wildman–Crippen MR) is 72.4 cm³/mol. The molecule has 0 radical (unpaired) electrons. The molecule has 1 aromatic heterocycles. The van der Waals surface area contributed by atoms with Gasteiger partial charge in [0.1, 0.15) is 4.92 Å². The Bertz CT molecular complexity index is 433. The van der Waals surface area contributed by atoms with Crippen molar-refractivity contribution in [3.05, 3.63) is 28.0 Å². The van der Waals surface area contributed by atoms with Crippen LogP contribution in [0.15, 0.2) is 16.5 Å².